The van der Waals surface area contributed by atoms with Gasteiger partial charge in [0, 0.05) is 19.5 Å². The molecule has 0 saturated heterocycles. The molecule has 0 radical (unpaired) electrons. The molecule has 0 atom stereocenters. The first-order chi connectivity index (χ1) is 9.02. The van der Waals surface area contributed by atoms with Crippen molar-refractivity contribution in [1.29, 1.82) is 0 Å². The van der Waals surface area contributed by atoms with Crippen molar-refractivity contribution in [2.75, 3.05) is 13.1 Å². The van der Waals surface area contributed by atoms with E-state index in [0.717, 1.165) is 13.1 Å². The molecule has 104 valence electrons. The fourth-order valence-corrected chi connectivity index (χ4v) is 2.10. The molecule has 1 amide bonds. The predicted molar refractivity (Wildman–Crippen MR) is 81.8 cm³/mol. The van der Waals surface area contributed by atoms with E-state index < -0.39 is 0 Å². The van der Waals surface area contributed by atoms with Crippen molar-refractivity contribution < 1.29 is 4.79 Å². The minimum absolute atomic E-state index is 0.231. The van der Waals surface area contributed by atoms with Gasteiger partial charge in [-0.3, -0.25) is 4.79 Å². The molecule has 0 unspecified atom stereocenters. The molecule has 2 heteroatoms. The largest absolute Gasteiger partial charge is 0.338 e. The van der Waals surface area contributed by atoms with Gasteiger partial charge in [-0.05, 0) is 18.4 Å². The Morgan fingerprint density at radius 1 is 1.26 bits per heavy atom. The Morgan fingerprint density at radius 2 is 1.89 bits per heavy atom. The monoisotopic (exact) mass is 259 g/mol. The molecule has 0 N–H and O–H groups in total. The quantitative estimate of drug-likeness (QED) is 0.756. The molecule has 1 aromatic rings. The smallest absolute Gasteiger partial charge is 0.222 e. The maximum atomic E-state index is 11.9. The highest BCUT2D eigenvalue weighted by atomic mass is 16.2. The van der Waals surface area contributed by atoms with Crippen LogP contribution in [0, 0.1) is 5.92 Å². The molecule has 0 saturated carbocycles. The summed E-state index contributed by atoms with van der Waals surface area (Å²) in [6.45, 7) is 9.85. The third-order valence-corrected chi connectivity index (χ3v) is 2.89. The Morgan fingerprint density at radius 3 is 2.42 bits per heavy atom. The number of benzene rings is 1. The predicted octanol–water partition coefficient (Wildman–Crippen LogP) is 3.98. The van der Waals surface area contributed by atoms with Crippen LogP contribution < -0.4 is 0 Å². The lowest BCUT2D eigenvalue weighted by Gasteiger charge is -2.24. The van der Waals surface area contributed by atoms with E-state index in [1.807, 2.05) is 30.0 Å². The van der Waals surface area contributed by atoms with Gasteiger partial charge < -0.3 is 4.90 Å². The van der Waals surface area contributed by atoms with Gasteiger partial charge in [0.2, 0.25) is 5.91 Å². The van der Waals surface area contributed by atoms with E-state index in [1.54, 1.807) is 0 Å². The number of hydrogen-bond donors (Lipinski definition) is 0. The second kappa shape index (κ2) is 7.78. The number of carbonyl (C=O) groups excluding carboxylic acids is 1. The lowest BCUT2D eigenvalue weighted by molar-refractivity contribution is -0.130. The topological polar surface area (TPSA) is 20.3 Å². The molecule has 0 aliphatic rings. The molecule has 0 spiro atoms. The summed E-state index contributed by atoms with van der Waals surface area (Å²) >= 11 is 0. The van der Waals surface area contributed by atoms with Crippen molar-refractivity contribution in [2.45, 2.75) is 34.1 Å². The van der Waals surface area contributed by atoms with Gasteiger partial charge >= 0.3 is 0 Å². The second-order valence-corrected chi connectivity index (χ2v) is 5.42. The summed E-state index contributed by atoms with van der Waals surface area (Å²) in [5.74, 6) is 0.731. The van der Waals surface area contributed by atoms with Crippen LogP contribution in [0.1, 0.15) is 39.7 Å². The van der Waals surface area contributed by atoms with Gasteiger partial charge in [0.05, 0.1) is 0 Å². The lowest BCUT2D eigenvalue weighted by atomic mass is 10.1. The van der Waals surface area contributed by atoms with Crippen molar-refractivity contribution in [3.8, 4) is 0 Å². The highest BCUT2D eigenvalue weighted by Crippen LogP contribution is 2.10. The molecule has 19 heavy (non-hydrogen) atoms. The van der Waals surface area contributed by atoms with Gasteiger partial charge in [-0.15, -0.1) is 0 Å². The average molecular weight is 259 g/mol. The maximum absolute atomic E-state index is 11.9. The van der Waals surface area contributed by atoms with Crippen molar-refractivity contribution in [3.63, 3.8) is 0 Å². The minimum atomic E-state index is 0.231. The van der Waals surface area contributed by atoms with Crippen molar-refractivity contribution in [1.82, 2.24) is 4.90 Å². The van der Waals surface area contributed by atoms with E-state index in [1.165, 1.54) is 11.1 Å². The summed E-state index contributed by atoms with van der Waals surface area (Å²) < 4.78 is 0. The fraction of sp³-hybridized carbons (Fsp3) is 0.471. The molecule has 1 rings (SSSR count). The molecule has 0 aromatic heterocycles. The van der Waals surface area contributed by atoms with Crippen LogP contribution in [0.15, 0.2) is 35.9 Å². The normalized spacial score (nSPS) is 11.7. The van der Waals surface area contributed by atoms with E-state index in [-0.39, 0.29) is 5.91 Å². The number of hydrogen-bond acceptors (Lipinski definition) is 1. The summed E-state index contributed by atoms with van der Waals surface area (Å²) in [5, 5.41) is 0. The van der Waals surface area contributed by atoms with Crippen LogP contribution in [0.3, 0.4) is 0 Å². The Labute approximate surface area is 117 Å². The van der Waals surface area contributed by atoms with Gasteiger partial charge in [0.1, 0.15) is 0 Å². The number of carbonyl (C=O) groups is 1. The van der Waals surface area contributed by atoms with E-state index in [2.05, 4.69) is 39.0 Å². The zero-order valence-electron chi connectivity index (χ0n) is 12.5. The highest BCUT2D eigenvalue weighted by molar-refractivity contribution is 5.76. The lowest BCUT2D eigenvalue weighted by Crippen LogP contribution is -2.34. The zero-order chi connectivity index (χ0) is 14.3. The molecular weight excluding hydrogens is 234 g/mol. The van der Waals surface area contributed by atoms with Crippen LogP contribution in [0.5, 0.6) is 0 Å². The summed E-state index contributed by atoms with van der Waals surface area (Å²) in [5.41, 5.74) is 2.40. The molecular formula is C17H25NO. The molecule has 0 aliphatic heterocycles. The van der Waals surface area contributed by atoms with Gasteiger partial charge in [-0.25, -0.2) is 0 Å². The Bertz CT molecular complexity index is 420. The molecule has 2 nitrogen and oxygen atoms in total. The number of nitrogens with zero attached hydrogens (tertiary/aromatic N) is 1. The number of amides is 1. The van der Waals surface area contributed by atoms with Gasteiger partial charge in [0.25, 0.3) is 0 Å². The summed E-state index contributed by atoms with van der Waals surface area (Å²) in [7, 11) is 0. The minimum Gasteiger partial charge on any atom is -0.338 e. The molecule has 0 heterocycles. The zero-order valence-corrected chi connectivity index (χ0v) is 12.5. The van der Waals surface area contributed by atoms with Gasteiger partial charge in [0.15, 0.2) is 0 Å². The van der Waals surface area contributed by atoms with Crippen LogP contribution in [0.2, 0.25) is 0 Å². The Kier molecular flexibility index (Phi) is 6.34. The van der Waals surface area contributed by atoms with Crippen LogP contribution in [-0.2, 0) is 4.79 Å². The average Bonchev–Trinajstić information content (AvgIpc) is 2.37. The van der Waals surface area contributed by atoms with E-state index in [9.17, 15) is 4.79 Å². The number of rotatable bonds is 6. The van der Waals surface area contributed by atoms with Crippen molar-refractivity contribution in [3.05, 3.63) is 41.5 Å². The molecule has 0 fully saturated rings. The molecule has 1 aromatic carbocycles. The summed E-state index contributed by atoms with van der Waals surface area (Å²) in [6, 6.07) is 10.2. The van der Waals surface area contributed by atoms with Crippen LogP contribution in [0.4, 0.5) is 0 Å². The van der Waals surface area contributed by atoms with E-state index >= 15 is 0 Å². The second-order valence-electron chi connectivity index (χ2n) is 5.42. The molecule has 0 bridgehead atoms. The van der Waals surface area contributed by atoms with Gasteiger partial charge in [-0.1, -0.05) is 62.8 Å². The van der Waals surface area contributed by atoms with Crippen LogP contribution >= 0.6 is 0 Å². The molecule has 0 aliphatic carbocycles. The third-order valence-electron chi connectivity index (χ3n) is 2.89. The highest BCUT2D eigenvalue weighted by Gasteiger charge is 2.13. The Hall–Kier alpha value is -1.57. The SMILES string of the molecule is CCC(=O)N(C/C(C)=C\c1ccccc1)CC(C)C. The van der Waals surface area contributed by atoms with Crippen molar-refractivity contribution >= 4 is 12.0 Å². The first kappa shape index (κ1) is 15.5. The first-order valence-electron chi connectivity index (χ1n) is 7.03. The Balaban J connectivity index is 2.73. The van der Waals surface area contributed by atoms with Crippen molar-refractivity contribution in [2.24, 2.45) is 5.92 Å². The summed E-state index contributed by atoms with van der Waals surface area (Å²) in [6.07, 6.45) is 2.72. The summed E-state index contributed by atoms with van der Waals surface area (Å²) in [4.78, 5) is 13.9. The maximum Gasteiger partial charge on any atom is 0.222 e. The third kappa shape index (κ3) is 5.73. The first-order valence-corrected chi connectivity index (χ1v) is 7.03. The van der Waals surface area contributed by atoms with Gasteiger partial charge in [-0.2, -0.15) is 0 Å². The van der Waals surface area contributed by atoms with Crippen LogP contribution in [0.25, 0.3) is 6.08 Å². The fourth-order valence-electron chi connectivity index (χ4n) is 2.10. The van der Waals surface area contributed by atoms with E-state index in [4.69, 9.17) is 0 Å². The van der Waals surface area contributed by atoms with E-state index in [0.29, 0.717) is 12.3 Å². The van der Waals surface area contributed by atoms with Crippen LogP contribution in [-0.4, -0.2) is 23.9 Å². The standard InChI is InChI=1S/C17H25NO/c1-5-17(19)18(12-14(2)3)13-15(4)11-16-9-7-6-8-10-16/h6-11,14H,5,12-13H2,1-4H3/b15-11-.